The van der Waals surface area contributed by atoms with E-state index in [0.717, 1.165) is 25.7 Å². The maximum Gasteiger partial charge on any atom is 0.359 e. The lowest BCUT2D eigenvalue weighted by Crippen LogP contribution is -2.48. The quantitative estimate of drug-likeness (QED) is 0.804. The number of esters is 1. The Morgan fingerprint density at radius 3 is 2.62 bits per heavy atom. The Bertz CT molecular complexity index is 603. The molecular weight excluding hydrogens is 312 g/mol. The van der Waals surface area contributed by atoms with E-state index in [1.54, 1.807) is 6.92 Å². The summed E-state index contributed by atoms with van der Waals surface area (Å²) in [4.78, 5) is 43.0. The Kier molecular flexibility index (Phi) is 6.22. The van der Waals surface area contributed by atoms with Crippen LogP contribution >= 0.6 is 0 Å². The highest BCUT2D eigenvalue weighted by Crippen LogP contribution is 2.23. The smallest absolute Gasteiger partial charge is 0.359 e. The topological polar surface area (TPSA) is 110 Å². The molecule has 2 N–H and O–H groups in total. The van der Waals surface area contributed by atoms with E-state index in [0.29, 0.717) is 11.6 Å². The molecule has 0 bridgehead atoms. The number of rotatable bonds is 4. The van der Waals surface area contributed by atoms with E-state index in [-0.39, 0.29) is 11.7 Å². The van der Waals surface area contributed by atoms with Crippen LogP contribution in [0.3, 0.4) is 0 Å². The monoisotopic (exact) mass is 334 g/mol. The molecule has 0 spiro atoms. The average molecular weight is 334 g/mol. The Labute approximate surface area is 140 Å². The summed E-state index contributed by atoms with van der Waals surface area (Å²) < 4.78 is 4.81. The van der Waals surface area contributed by atoms with Crippen LogP contribution in [0.1, 0.15) is 48.8 Å². The van der Waals surface area contributed by atoms with Crippen molar-refractivity contribution in [2.45, 2.75) is 45.6 Å². The number of hydrogen-bond acceptors (Lipinski definition) is 6. The number of hydrogen-bond donors (Lipinski definition) is 2. The Morgan fingerprint density at radius 1 is 1.21 bits per heavy atom. The number of amides is 3. The maximum absolute atomic E-state index is 11.8. The molecule has 1 saturated carbocycles. The summed E-state index contributed by atoms with van der Waals surface area (Å²) >= 11 is 0. The van der Waals surface area contributed by atoms with Crippen molar-refractivity contribution in [2.24, 2.45) is 5.92 Å². The van der Waals surface area contributed by atoms with Crippen LogP contribution in [0.5, 0.6) is 0 Å². The summed E-state index contributed by atoms with van der Waals surface area (Å²) in [6, 6.07) is -0.498. The van der Waals surface area contributed by atoms with Gasteiger partial charge in [-0.25, -0.2) is 14.6 Å². The minimum Gasteiger partial charge on any atom is -0.451 e. The molecule has 8 nitrogen and oxygen atoms in total. The lowest BCUT2D eigenvalue weighted by atomic mass is 9.86. The number of aryl methyl sites for hydroxylation is 1. The fourth-order valence-electron chi connectivity index (χ4n) is 2.60. The standard InChI is InChI=1S/C16H22N4O4/c1-10-5-3-4-6-12(10)19-16(23)20-14(21)9-24-15(22)13-8-17-11(2)7-18-13/h7-8,10,12H,3-6,9H2,1-2H3,(H2,19,20,21,23)/t10-,12+/m0/s1. The van der Waals surface area contributed by atoms with E-state index in [2.05, 4.69) is 27.5 Å². The first-order chi connectivity index (χ1) is 11.5. The van der Waals surface area contributed by atoms with Crippen molar-refractivity contribution in [2.75, 3.05) is 6.61 Å². The van der Waals surface area contributed by atoms with Crippen molar-refractivity contribution < 1.29 is 19.1 Å². The Balaban J connectivity index is 1.73. The third-order valence-electron chi connectivity index (χ3n) is 4.01. The van der Waals surface area contributed by atoms with E-state index in [1.165, 1.54) is 12.4 Å². The van der Waals surface area contributed by atoms with Gasteiger partial charge in [0.25, 0.3) is 5.91 Å². The molecule has 1 heterocycles. The molecule has 1 aliphatic rings. The number of aromatic nitrogens is 2. The maximum atomic E-state index is 11.8. The van der Waals surface area contributed by atoms with Gasteiger partial charge in [0.2, 0.25) is 0 Å². The summed E-state index contributed by atoms with van der Waals surface area (Å²) in [5.74, 6) is -1.07. The SMILES string of the molecule is Cc1cnc(C(=O)OCC(=O)NC(=O)N[C@@H]2CCCC[C@@H]2C)cn1. The molecule has 0 aromatic carbocycles. The molecule has 24 heavy (non-hydrogen) atoms. The van der Waals surface area contributed by atoms with Crippen LogP contribution in [0.25, 0.3) is 0 Å². The lowest BCUT2D eigenvalue weighted by Gasteiger charge is -2.29. The fraction of sp³-hybridized carbons (Fsp3) is 0.562. The van der Waals surface area contributed by atoms with Gasteiger partial charge in [0.1, 0.15) is 0 Å². The lowest BCUT2D eigenvalue weighted by molar-refractivity contribution is -0.123. The molecular formula is C16H22N4O4. The number of carbonyl (C=O) groups is 3. The van der Waals surface area contributed by atoms with Crippen LogP contribution in [0.2, 0.25) is 0 Å². The summed E-state index contributed by atoms with van der Waals surface area (Å²) in [6.45, 7) is 3.26. The van der Waals surface area contributed by atoms with E-state index < -0.39 is 24.5 Å². The first kappa shape index (κ1) is 17.8. The molecule has 2 rings (SSSR count). The predicted molar refractivity (Wildman–Crippen MR) is 85.1 cm³/mol. The zero-order valence-corrected chi connectivity index (χ0v) is 13.9. The minimum absolute atomic E-state index is 0.00822. The van der Waals surface area contributed by atoms with Gasteiger partial charge in [-0.05, 0) is 25.7 Å². The van der Waals surface area contributed by atoms with Crippen LogP contribution in [0, 0.1) is 12.8 Å². The second-order valence-corrected chi connectivity index (χ2v) is 6.01. The van der Waals surface area contributed by atoms with Gasteiger partial charge in [-0.1, -0.05) is 19.8 Å². The summed E-state index contributed by atoms with van der Waals surface area (Å²) in [7, 11) is 0. The molecule has 3 amide bonds. The molecule has 1 aliphatic carbocycles. The van der Waals surface area contributed by atoms with Crippen molar-refractivity contribution in [1.29, 1.82) is 0 Å². The zero-order valence-electron chi connectivity index (χ0n) is 13.9. The minimum atomic E-state index is -0.765. The van der Waals surface area contributed by atoms with Gasteiger partial charge < -0.3 is 10.1 Å². The van der Waals surface area contributed by atoms with E-state index in [9.17, 15) is 14.4 Å². The zero-order chi connectivity index (χ0) is 17.5. The molecule has 130 valence electrons. The molecule has 1 aromatic heterocycles. The Hall–Kier alpha value is -2.51. The van der Waals surface area contributed by atoms with Crippen LogP contribution in [0.4, 0.5) is 4.79 Å². The molecule has 0 radical (unpaired) electrons. The van der Waals surface area contributed by atoms with Crippen LogP contribution in [-0.4, -0.2) is 40.5 Å². The third-order valence-corrected chi connectivity index (χ3v) is 4.01. The molecule has 0 unspecified atom stereocenters. The van der Waals surface area contributed by atoms with Crippen molar-refractivity contribution in [3.05, 3.63) is 23.8 Å². The summed E-state index contributed by atoms with van der Waals surface area (Å²) in [5, 5.41) is 4.95. The Morgan fingerprint density at radius 2 is 1.96 bits per heavy atom. The third kappa shape index (κ3) is 5.29. The van der Waals surface area contributed by atoms with E-state index in [4.69, 9.17) is 4.74 Å². The van der Waals surface area contributed by atoms with Gasteiger partial charge in [-0.2, -0.15) is 0 Å². The number of nitrogens with one attached hydrogen (secondary N) is 2. The van der Waals surface area contributed by atoms with Gasteiger partial charge in [-0.15, -0.1) is 0 Å². The van der Waals surface area contributed by atoms with Crippen molar-refractivity contribution >= 4 is 17.9 Å². The highest BCUT2D eigenvalue weighted by atomic mass is 16.5. The van der Waals surface area contributed by atoms with Gasteiger partial charge in [0.15, 0.2) is 12.3 Å². The predicted octanol–water partition coefficient (Wildman–Crippen LogP) is 1.35. The van der Waals surface area contributed by atoms with Crippen LogP contribution in [-0.2, 0) is 9.53 Å². The first-order valence-electron chi connectivity index (χ1n) is 8.02. The summed E-state index contributed by atoms with van der Waals surface area (Å²) in [5.41, 5.74) is 0.673. The summed E-state index contributed by atoms with van der Waals surface area (Å²) in [6.07, 6.45) is 6.90. The molecule has 0 saturated heterocycles. The average Bonchev–Trinajstić information content (AvgIpc) is 2.55. The fourth-order valence-corrected chi connectivity index (χ4v) is 2.60. The number of imide groups is 1. The van der Waals surface area contributed by atoms with Crippen LogP contribution in [0.15, 0.2) is 12.4 Å². The molecule has 8 heteroatoms. The van der Waals surface area contributed by atoms with E-state index in [1.807, 2.05) is 0 Å². The van der Waals surface area contributed by atoms with Gasteiger partial charge in [-0.3, -0.25) is 15.1 Å². The van der Waals surface area contributed by atoms with Crippen molar-refractivity contribution in [3.8, 4) is 0 Å². The molecule has 1 fully saturated rings. The second kappa shape index (κ2) is 8.37. The first-order valence-corrected chi connectivity index (χ1v) is 8.02. The van der Waals surface area contributed by atoms with Gasteiger partial charge >= 0.3 is 12.0 Å². The van der Waals surface area contributed by atoms with Gasteiger partial charge in [0, 0.05) is 12.2 Å². The molecule has 2 atom stereocenters. The van der Waals surface area contributed by atoms with Crippen LogP contribution < -0.4 is 10.6 Å². The highest BCUT2D eigenvalue weighted by Gasteiger charge is 2.23. The second-order valence-electron chi connectivity index (χ2n) is 6.01. The molecule has 0 aliphatic heterocycles. The number of ether oxygens (including phenoxy) is 1. The van der Waals surface area contributed by atoms with Crippen molar-refractivity contribution in [3.63, 3.8) is 0 Å². The number of nitrogens with zero attached hydrogens (tertiary/aromatic N) is 2. The molecule has 1 aromatic rings. The number of carbonyl (C=O) groups excluding carboxylic acids is 3. The highest BCUT2D eigenvalue weighted by molar-refractivity contribution is 5.96. The number of urea groups is 1. The van der Waals surface area contributed by atoms with E-state index >= 15 is 0 Å². The van der Waals surface area contributed by atoms with Gasteiger partial charge in [0.05, 0.1) is 11.9 Å². The van der Waals surface area contributed by atoms with Crippen molar-refractivity contribution in [1.82, 2.24) is 20.6 Å². The normalized spacial score (nSPS) is 20.1. The largest absolute Gasteiger partial charge is 0.451 e.